The molecule has 1 N–H and O–H groups in total. The zero-order chi connectivity index (χ0) is 18.4. The van der Waals surface area contributed by atoms with Crippen LogP contribution >= 0.6 is 0 Å². The Morgan fingerprint density at radius 2 is 2.12 bits per heavy atom. The molecule has 142 valence electrons. The summed E-state index contributed by atoms with van der Waals surface area (Å²) in [6, 6.07) is 8.45. The first-order chi connectivity index (χ1) is 12.6. The lowest BCUT2D eigenvalue weighted by atomic mass is 9.97. The number of hydrogen-bond donors (Lipinski definition) is 1. The first kappa shape index (κ1) is 18.9. The molecule has 6 nitrogen and oxygen atoms in total. The molecule has 1 atom stereocenters. The molecule has 2 heterocycles. The molecule has 1 saturated heterocycles. The van der Waals surface area contributed by atoms with Crippen molar-refractivity contribution >= 4 is 0 Å². The maximum Gasteiger partial charge on any atom is 0.164 e. The standard InChI is InChI=1S/C20H31N5O/c1-16-21-20(23-22-16)15-24(2)13-18-5-4-11-25(14-18)12-10-17-6-8-19(26-3)9-7-17/h6-9,18H,4-5,10-15H2,1-3H3,(H,21,22,23)/t18-/m1/s1. The topological polar surface area (TPSA) is 57.3 Å². The molecule has 0 spiro atoms. The summed E-state index contributed by atoms with van der Waals surface area (Å²) in [5.74, 6) is 3.43. The molecular weight excluding hydrogens is 326 g/mol. The lowest BCUT2D eigenvalue weighted by molar-refractivity contribution is 0.141. The third-order valence-electron chi connectivity index (χ3n) is 5.10. The molecule has 1 aliphatic heterocycles. The third-order valence-corrected chi connectivity index (χ3v) is 5.10. The van der Waals surface area contributed by atoms with E-state index in [1.54, 1.807) is 7.11 Å². The summed E-state index contributed by atoms with van der Waals surface area (Å²) < 4.78 is 5.23. The van der Waals surface area contributed by atoms with E-state index in [4.69, 9.17) is 4.74 Å². The van der Waals surface area contributed by atoms with E-state index in [0.717, 1.165) is 49.4 Å². The Hall–Kier alpha value is -1.92. The van der Waals surface area contributed by atoms with Gasteiger partial charge in [-0.25, -0.2) is 4.98 Å². The average Bonchev–Trinajstić information content (AvgIpc) is 3.05. The number of rotatable bonds is 8. The number of aryl methyl sites for hydroxylation is 1. The number of benzene rings is 1. The molecule has 1 aliphatic rings. The van der Waals surface area contributed by atoms with Crippen molar-refractivity contribution in [1.29, 1.82) is 0 Å². The van der Waals surface area contributed by atoms with Crippen LogP contribution in [0.25, 0.3) is 0 Å². The molecule has 0 saturated carbocycles. The highest BCUT2D eigenvalue weighted by atomic mass is 16.5. The van der Waals surface area contributed by atoms with Crippen LogP contribution in [-0.4, -0.2) is 65.3 Å². The largest absolute Gasteiger partial charge is 0.497 e. The zero-order valence-electron chi connectivity index (χ0n) is 16.2. The van der Waals surface area contributed by atoms with Gasteiger partial charge in [0.15, 0.2) is 5.82 Å². The van der Waals surface area contributed by atoms with E-state index >= 15 is 0 Å². The van der Waals surface area contributed by atoms with Crippen LogP contribution < -0.4 is 4.74 Å². The van der Waals surface area contributed by atoms with Gasteiger partial charge in [-0.2, -0.15) is 5.10 Å². The summed E-state index contributed by atoms with van der Waals surface area (Å²) in [5, 5.41) is 7.16. The van der Waals surface area contributed by atoms with Crippen molar-refractivity contribution in [2.75, 3.05) is 40.3 Å². The number of aromatic amines is 1. The Kier molecular flexibility index (Phi) is 6.63. The second-order valence-electron chi connectivity index (χ2n) is 7.44. The van der Waals surface area contributed by atoms with E-state index in [2.05, 4.69) is 44.2 Å². The molecular formula is C20H31N5O. The van der Waals surface area contributed by atoms with Crippen LogP contribution in [0.2, 0.25) is 0 Å². The average molecular weight is 358 g/mol. The minimum Gasteiger partial charge on any atom is -0.497 e. The second kappa shape index (κ2) is 9.14. The van der Waals surface area contributed by atoms with Gasteiger partial charge in [-0.05, 0) is 63.4 Å². The number of aromatic nitrogens is 3. The number of likely N-dealkylation sites (tertiary alicyclic amines) is 1. The quantitative estimate of drug-likeness (QED) is 0.787. The third kappa shape index (κ3) is 5.54. The number of H-pyrrole nitrogens is 1. The summed E-state index contributed by atoms with van der Waals surface area (Å²) >= 11 is 0. The molecule has 1 aromatic carbocycles. The Bertz CT molecular complexity index is 669. The SMILES string of the molecule is COc1ccc(CCN2CCC[C@H](CN(C)Cc3n[nH]c(C)n3)C2)cc1. The Morgan fingerprint density at radius 1 is 1.31 bits per heavy atom. The second-order valence-corrected chi connectivity index (χ2v) is 7.44. The fraction of sp³-hybridized carbons (Fsp3) is 0.600. The van der Waals surface area contributed by atoms with E-state index in [9.17, 15) is 0 Å². The van der Waals surface area contributed by atoms with Crippen molar-refractivity contribution in [3.8, 4) is 5.75 Å². The van der Waals surface area contributed by atoms with E-state index in [1.165, 1.54) is 31.5 Å². The van der Waals surface area contributed by atoms with Crippen LogP contribution in [0.5, 0.6) is 5.75 Å². The van der Waals surface area contributed by atoms with Crippen molar-refractivity contribution in [3.63, 3.8) is 0 Å². The van der Waals surface area contributed by atoms with Crippen molar-refractivity contribution < 1.29 is 4.74 Å². The predicted octanol–water partition coefficient (Wildman–Crippen LogP) is 2.51. The Labute approximate surface area is 156 Å². The predicted molar refractivity (Wildman–Crippen MR) is 103 cm³/mol. The van der Waals surface area contributed by atoms with Crippen molar-refractivity contribution in [1.82, 2.24) is 25.0 Å². The molecule has 0 amide bonds. The lowest BCUT2D eigenvalue weighted by Crippen LogP contribution is -2.40. The minimum atomic E-state index is 0.727. The maximum absolute atomic E-state index is 5.23. The van der Waals surface area contributed by atoms with Gasteiger partial charge in [0.05, 0.1) is 13.7 Å². The van der Waals surface area contributed by atoms with Gasteiger partial charge in [-0.1, -0.05) is 12.1 Å². The number of piperidine rings is 1. The highest BCUT2D eigenvalue weighted by Gasteiger charge is 2.21. The molecule has 0 radical (unpaired) electrons. The highest BCUT2D eigenvalue weighted by molar-refractivity contribution is 5.27. The summed E-state index contributed by atoms with van der Waals surface area (Å²) in [4.78, 5) is 9.37. The van der Waals surface area contributed by atoms with Gasteiger partial charge >= 0.3 is 0 Å². The fourth-order valence-corrected chi connectivity index (χ4v) is 3.79. The van der Waals surface area contributed by atoms with Crippen LogP contribution in [0.3, 0.4) is 0 Å². The fourth-order valence-electron chi connectivity index (χ4n) is 3.79. The van der Waals surface area contributed by atoms with E-state index in [-0.39, 0.29) is 0 Å². The van der Waals surface area contributed by atoms with Crippen molar-refractivity contribution in [2.24, 2.45) is 5.92 Å². The number of hydrogen-bond acceptors (Lipinski definition) is 5. The summed E-state index contributed by atoms with van der Waals surface area (Å²) in [7, 11) is 3.88. The van der Waals surface area contributed by atoms with Gasteiger partial charge in [0.25, 0.3) is 0 Å². The van der Waals surface area contributed by atoms with Gasteiger partial charge in [0, 0.05) is 19.6 Å². The number of ether oxygens (including phenoxy) is 1. The highest BCUT2D eigenvalue weighted by Crippen LogP contribution is 2.19. The number of nitrogens with zero attached hydrogens (tertiary/aromatic N) is 4. The molecule has 0 bridgehead atoms. The van der Waals surface area contributed by atoms with Gasteiger partial charge in [0.2, 0.25) is 0 Å². The molecule has 2 aromatic rings. The molecule has 1 aromatic heterocycles. The van der Waals surface area contributed by atoms with E-state index in [0.29, 0.717) is 0 Å². The number of methoxy groups -OCH3 is 1. The smallest absolute Gasteiger partial charge is 0.164 e. The van der Waals surface area contributed by atoms with Crippen molar-refractivity contribution in [3.05, 3.63) is 41.5 Å². The minimum absolute atomic E-state index is 0.727. The van der Waals surface area contributed by atoms with E-state index in [1.807, 2.05) is 19.1 Å². The first-order valence-corrected chi connectivity index (χ1v) is 9.54. The molecule has 0 unspecified atom stereocenters. The number of nitrogens with one attached hydrogen (secondary N) is 1. The summed E-state index contributed by atoms with van der Waals surface area (Å²) in [6.45, 7) is 7.40. The van der Waals surface area contributed by atoms with Gasteiger partial charge < -0.3 is 9.64 Å². The normalized spacial score (nSPS) is 18.4. The van der Waals surface area contributed by atoms with Crippen LogP contribution in [0.1, 0.15) is 30.1 Å². The van der Waals surface area contributed by atoms with Gasteiger partial charge in [-0.15, -0.1) is 0 Å². The molecule has 0 aliphatic carbocycles. The first-order valence-electron chi connectivity index (χ1n) is 9.54. The van der Waals surface area contributed by atoms with Crippen molar-refractivity contribution in [2.45, 2.75) is 32.7 Å². The Balaban J connectivity index is 1.42. The van der Waals surface area contributed by atoms with Crippen LogP contribution in [0.4, 0.5) is 0 Å². The zero-order valence-corrected chi connectivity index (χ0v) is 16.2. The lowest BCUT2D eigenvalue weighted by Gasteiger charge is -2.34. The monoisotopic (exact) mass is 357 g/mol. The van der Waals surface area contributed by atoms with Crippen LogP contribution in [0, 0.1) is 12.8 Å². The molecule has 3 rings (SSSR count). The van der Waals surface area contributed by atoms with Crippen LogP contribution in [-0.2, 0) is 13.0 Å². The van der Waals surface area contributed by atoms with Gasteiger partial charge in [0.1, 0.15) is 11.6 Å². The molecule has 6 heteroatoms. The maximum atomic E-state index is 5.23. The molecule has 26 heavy (non-hydrogen) atoms. The summed E-state index contributed by atoms with van der Waals surface area (Å²) in [5.41, 5.74) is 1.38. The summed E-state index contributed by atoms with van der Waals surface area (Å²) in [6.07, 6.45) is 3.71. The molecule has 1 fully saturated rings. The Morgan fingerprint density at radius 3 is 2.81 bits per heavy atom. The van der Waals surface area contributed by atoms with Gasteiger partial charge in [-0.3, -0.25) is 10.00 Å². The van der Waals surface area contributed by atoms with E-state index < -0.39 is 0 Å². The van der Waals surface area contributed by atoms with Crippen LogP contribution in [0.15, 0.2) is 24.3 Å².